The minimum atomic E-state index is 1.19. The molecule has 0 nitrogen and oxygen atoms in total. The van der Waals surface area contributed by atoms with Gasteiger partial charge in [0.05, 0.1) is 0 Å². The van der Waals surface area contributed by atoms with Crippen LogP contribution in [-0.2, 0) is 0 Å². The highest BCUT2D eigenvalue weighted by molar-refractivity contribution is 7.99. The first-order valence-corrected chi connectivity index (χ1v) is 9.60. The van der Waals surface area contributed by atoms with Crippen molar-refractivity contribution in [2.45, 2.75) is 52.4 Å². The van der Waals surface area contributed by atoms with E-state index in [1.165, 1.54) is 61.5 Å². The number of allylic oxidation sites excluding steroid dienone is 2. The molecule has 0 atom stereocenters. The monoisotopic (exact) mass is 286 g/mol. The van der Waals surface area contributed by atoms with E-state index >= 15 is 0 Å². The van der Waals surface area contributed by atoms with Gasteiger partial charge in [-0.3, -0.25) is 0 Å². The molecular weight excluding hydrogens is 256 g/mol. The number of rotatable bonds is 13. The van der Waals surface area contributed by atoms with Gasteiger partial charge in [-0.2, -0.15) is 23.5 Å². The summed E-state index contributed by atoms with van der Waals surface area (Å²) in [4.78, 5) is 0. The topological polar surface area (TPSA) is 0 Å². The van der Waals surface area contributed by atoms with Gasteiger partial charge in [-0.1, -0.05) is 50.0 Å². The number of unbranched alkanes of at least 4 members (excludes halogenated alkanes) is 5. The van der Waals surface area contributed by atoms with E-state index < -0.39 is 0 Å². The second-order valence-corrected chi connectivity index (χ2v) is 6.71. The zero-order valence-electron chi connectivity index (χ0n) is 12.2. The summed E-state index contributed by atoms with van der Waals surface area (Å²) in [6.45, 7) is 4.19. The van der Waals surface area contributed by atoms with E-state index in [0.29, 0.717) is 0 Å². The van der Waals surface area contributed by atoms with Crippen LogP contribution in [0.3, 0.4) is 0 Å². The first-order valence-electron chi connectivity index (χ1n) is 7.29. The third kappa shape index (κ3) is 16.2. The Morgan fingerprint density at radius 2 is 1.00 bits per heavy atom. The van der Waals surface area contributed by atoms with Crippen molar-refractivity contribution in [2.24, 2.45) is 0 Å². The van der Waals surface area contributed by atoms with Gasteiger partial charge in [-0.15, -0.1) is 0 Å². The summed E-state index contributed by atoms with van der Waals surface area (Å²) in [5, 5.41) is 0. The maximum absolute atomic E-state index is 2.25. The Balaban J connectivity index is 2.94. The zero-order chi connectivity index (χ0) is 13.3. The van der Waals surface area contributed by atoms with Crippen LogP contribution in [0, 0.1) is 0 Å². The second kappa shape index (κ2) is 17.2. The van der Waals surface area contributed by atoms with Crippen molar-refractivity contribution in [2.75, 3.05) is 23.0 Å². The van der Waals surface area contributed by atoms with E-state index in [-0.39, 0.29) is 0 Å². The van der Waals surface area contributed by atoms with Gasteiger partial charge in [0.2, 0.25) is 0 Å². The number of hydrogen-bond acceptors (Lipinski definition) is 2. The lowest BCUT2D eigenvalue weighted by Crippen LogP contribution is -1.85. The molecule has 0 saturated heterocycles. The van der Waals surface area contributed by atoms with Crippen molar-refractivity contribution >= 4 is 23.5 Å². The van der Waals surface area contributed by atoms with Gasteiger partial charge in [-0.05, 0) is 38.2 Å². The van der Waals surface area contributed by atoms with Crippen LogP contribution in [0.1, 0.15) is 52.4 Å². The normalized spacial score (nSPS) is 11.9. The largest absolute Gasteiger partial charge is 0.158 e. The van der Waals surface area contributed by atoms with Gasteiger partial charge < -0.3 is 0 Å². The van der Waals surface area contributed by atoms with Gasteiger partial charge in [0.25, 0.3) is 0 Å². The molecule has 0 aliphatic rings. The molecule has 0 rings (SSSR count). The Hall–Kier alpha value is 0.180. The van der Waals surface area contributed by atoms with Crippen molar-refractivity contribution in [1.82, 2.24) is 0 Å². The first kappa shape index (κ1) is 18.2. The minimum absolute atomic E-state index is 1.19. The molecule has 0 N–H and O–H groups in total. The summed E-state index contributed by atoms with van der Waals surface area (Å²) in [6, 6.07) is 0. The average Bonchev–Trinajstić information content (AvgIpc) is 2.39. The summed E-state index contributed by atoms with van der Waals surface area (Å²) >= 11 is 4.12. The van der Waals surface area contributed by atoms with Crippen LogP contribution in [0.4, 0.5) is 0 Å². The highest BCUT2D eigenvalue weighted by Crippen LogP contribution is 2.12. The van der Waals surface area contributed by atoms with E-state index in [4.69, 9.17) is 0 Å². The van der Waals surface area contributed by atoms with Gasteiger partial charge >= 0.3 is 0 Å². The fourth-order valence-electron chi connectivity index (χ4n) is 1.61. The molecule has 2 heteroatoms. The SMILES string of the molecule is CC=CCSCCCCCCCCSCC=CC. The lowest BCUT2D eigenvalue weighted by atomic mass is 10.1. The van der Waals surface area contributed by atoms with Crippen LogP contribution in [0.5, 0.6) is 0 Å². The van der Waals surface area contributed by atoms with Crippen LogP contribution < -0.4 is 0 Å². The first-order chi connectivity index (χ1) is 8.91. The fourth-order valence-corrected chi connectivity index (χ4v) is 3.42. The van der Waals surface area contributed by atoms with Crippen molar-refractivity contribution in [1.29, 1.82) is 0 Å². The number of thioether (sulfide) groups is 2. The molecule has 0 aromatic rings. The summed E-state index contributed by atoms with van der Waals surface area (Å²) in [5.74, 6) is 5.06. The molecule has 0 unspecified atom stereocenters. The molecule has 0 spiro atoms. The zero-order valence-corrected chi connectivity index (χ0v) is 13.8. The molecule has 0 aliphatic heterocycles. The quantitative estimate of drug-likeness (QED) is 0.303. The Labute approximate surface area is 123 Å². The minimum Gasteiger partial charge on any atom is -0.158 e. The van der Waals surface area contributed by atoms with E-state index in [2.05, 4.69) is 61.7 Å². The molecule has 0 bridgehead atoms. The standard InChI is InChI=1S/C16H30S2/c1-3-5-13-17-15-11-9-7-8-10-12-16-18-14-6-4-2/h3-6H,7-16H2,1-2H3. The molecule has 0 heterocycles. The second-order valence-electron chi connectivity index (χ2n) is 4.41. The van der Waals surface area contributed by atoms with Gasteiger partial charge in [0.1, 0.15) is 0 Å². The lowest BCUT2D eigenvalue weighted by molar-refractivity contribution is 0.629. The van der Waals surface area contributed by atoms with E-state index in [0.717, 1.165) is 0 Å². The van der Waals surface area contributed by atoms with Crippen molar-refractivity contribution in [3.63, 3.8) is 0 Å². The molecule has 0 saturated carbocycles. The maximum atomic E-state index is 2.25. The molecule has 0 aromatic heterocycles. The van der Waals surface area contributed by atoms with E-state index in [1.807, 2.05) is 0 Å². The predicted molar refractivity (Wildman–Crippen MR) is 92.0 cm³/mol. The molecule has 0 radical (unpaired) electrons. The molecule has 18 heavy (non-hydrogen) atoms. The third-order valence-corrected chi connectivity index (χ3v) is 4.74. The highest BCUT2D eigenvalue weighted by Gasteiger charge is 1.92. The molecule has 0 aliphatic carbocycles. The fraction of sp³-hybridized carbons (Fsp3) is 0.750. The van der Waals surface area contributed by atoms with Crippen molar-refractivity contribution < 1.29 is 0 Å². The summed E-state index contributed by atoms with van der Waals surface area (Å²) in [7, 11) is 0. The van der Waals surface area contributed by atoms with Gasteiger partial charge in [0.15, 0.2) is 0 Å². The van der Waals surface area contributed by atoms with Crippen molar-refractivity contribution in [3.05, 3.63) is 24.3 Å². The Kier molecular flexibility index (Phi) is 17.4. The van der Waals surface area contributed by atoms with Crippen LogP contribution in [-0.4, -0.2) is 23.0 Å². The van der Waals surface area contributed by atoms with E-state index in [9.17, 15) is 0 Å². The summed E-state index contributed by atoms with van der Waals surface area (Å²) in [6.07, 6.45) is 17.3. The Morgan fingerprint density at radius 1 is 0.611 bits per heavy atom. The van der Waals surface area contributed by atoms with Gasteiger partial charge in [-0.25, -0.2) is 0 Å². The summed E-state index contributed by atoms with van der Waals surface area (Å²) < 4.78 is 0. The molecule has 106 valence electrons. The molecule has 0 fully saturated rings. The summed E-state index contributed by atoms with van der Waals surface area (Å²) in [5.41, 5.74) is 0. The van der Waals surface area contributed by atoms with E-state index in [1.54, 1.807) is 0 Å². The predicted octanol–water partition coefficient (Wildman–Crippen LogP) is 5.95. The number of hydrogen-bond donors (Lipinski definition) is 0. The smallest absolute Gasteiger partial charge is 0.0113 e. The van der Waals surface area contributed by atoms with Crippen LogP contribution >= 0.6 is 23.5 Å². The third-order valence-electron chi connectivity index (χ3n) is 2.73. The Bertz CT molecular complexity index is 175. The molecule has 0 aromatic carbocycles. The van der Waals surface area contributed by atoms with Crippen LogP contribution in [0.2, 0.25) is 0 Å². The Morgan fingerprint density at radius 3 is 1.39 bits per heavy atom. The van der Waals surface area contributed by atoms with Crippen molar-refractivity contribution in [3.8, 4) is 0 Å². The molecular formula is C16H30S2. The van der Waals surface area contributed by atoms with Gasteiger partial charge in [0, 0.05) is 11.5 Å². The lowest BCUT2D eigenvalue weighted by Gasteiger charge is -2.01. The molecule has 0 amide bonds. The van der Waals surface area contributed by atoms with Crippen LogP contribution in [0.25, 0.3) is 0 Å². The highest BCUT2D eigenvalue weighted by atomic mass is 32.2. The average molecular weight is 287 g/mol. The maximum Gasteiger partial charge on any atom is 0.0113 e. The van der Waals surface area contributed by atoms with Crippen LogP contribution in [0.15, 0.2) is 24.3 Å².